The molecule has 0 amide bonds. The van der Waals surface area contributed by atoms with E-state index >= 15 is 0 Å². The molecule has 0 aromatic heterocycles. The summed E-state index contributed by atoms with van der Waals surface area (Å²) in [5.74, 6) is -0.131. The SMILES string of the molecule is CCCC(CC)NCc1ccccc1OC(F)(F)F. The van der Waals surface area contributed by atoms with Gasteiger partial charge in [0.25, 0.3) is 0 Å². The lowest BCUT2D eigenvalue weighted by Gasteiger charge is -2.18. The van der Waals surface area contributed by atoms with E-state index < -0.39 is 6.36 Å². The maximum absolute atomic E-state index is 12.3. The van der Waals surface area contributed by atoms with Crippen molar-refractivity contribution in [2.75, 3.05) is 0 Å². The van der Waals surface area contributed by atoms with E-state index in [0.29, 0.717) is 18.2 Å². The van der Waals surface area contributed by atoms with Crippen molar-refractivity contribution in [2.24, 2.45) is 0 Å². The molecule has 19 heavy (non-hydrogen) atoms. The molecule has 1 aromatic rings. The van der Waals surface area contributed by atoms with Gasteiger partial charge in [0.05, 0.1) is 0 Å². The first kappa shape index (κ1) is 15.8. The molecular formula is C14H20F3NO. The molecule has 0 aliphatic heterocycles. The second-order valence-corrected chi connectivity index (χ2v) is 4.43. The zero-order chi connectivity index (χ0) is 14.3. The van der Waals surface area contributed by atoms with Crippen LogP contribution in [-0.2, 0) is 6.54 Å². The van der Waals surface area contributed by atoms with Gasteiger partial charge in [-0.3, -0.25) is 0 Å². The number of hydrogen-bond donors (Lipinski definition) is 1. The van der Waals surface area contributed by atoms with Crippen LogP contribution in [0, 0.1) is 0 Å². The monoisotopic (exact) mass is 275 g/mol. The van der Waals surface area contributed by atoms with E-state index in [-0.39, 0.29) is 5.75 Å². The zero-order valence-electron chi connectivity index (χ0n) is 11.3. The van der Waals surface area contributed by atoms with Gasteiger partial charge in [0.2, 0.25) is 0 Å². The van der Waals surface area contributed by atoms with Crippen molar-refractivity contribution in [3.8, 4) is 5.75 Å². The van der Waals surface area contributed by atoms with Crippen molar-refractivity contribution < 1.29 is 17.9 Å². The Morgan fingerprint density at radius 1 is 1.21 bits per heavy atom. The molecule has 108 valence electrons. The van der Waals surface area contributed by atoms with Crippen molar-refractivity contribution in [1.29, 1.82) is 0 Å². The van der Waals surface area contributed by atoms with E-state index in [4.69, 9.17) is 0 Å². The van der Waals surface area contributed by atoms with Gasteiger partial charge < -0.3 is 10.1 Å². The number of nitrogens with one attached hydrogen (secondary N) is 1. The topological polar surface area (TPSA) is 21.3 Å². The quantitative estimate of drug-likeness (QED) is 0.803. The molecule has 0 saturated heterocycles. The smallest absolute Gasteiger partial charge is 0.405 e. The van der Waals surface area contributed by atoms with E-state index in [0.717, 1.165) is 19.3 Å². The zero-order valence-corrected chi connectivity index (χ0v) is 11.3. The molecule has 0 saturated carbocycles. The van der Waals surface area contributed by atoms with Crippen molar-refractivity contribution in [3.63, 3.8) is 0 Å². The number of para-hydroxylation sites is 1. The lowest BCUT2D eigenvalue weighted by Crippen LogP contribution is -2.28. The molecule has 5 heteroatoms. The highest BCUT2D eigenvalue weighted by molar-refractivity contribution is 5.33. The van der Waals surface area contributed by atoms with Crippen LogP contribution in [0.1, 0.15) is 38.7 Å². The van der Waals surface area contributed by atoms with Crippen LogP contribution in [0.4, 0.5) is 13.2 Å². The molecule has 1 N–H and O–H groups in total. The Kier molecular flexibility index (Phi) is 6.15. The summed E-state index contributed by atoms with van der Waals surface area (Å²) >= 11 is 0. The molecule has 1 unspecified atom stereocenters. The van der Waals surface area contributed by atoms with E-state index in [9.17, 15) is 13.2 Å². The summed E-state index contributed by atoms with van der Waals surface area (Å²) in [4.78, 5) is 0. The van der Waals surface area contributed by atoms with E-state index in [1.807, 2.05) is 0 Å². The highest BCUT2D eigenvalue weighted by Crippen LogP contribution is 2.26. The minimum Gasteiger partial charge on any atom is -0.405 e. The molecule has 0 aliphatic carbocycles. The molecule has 1 aromatic carbocycles. The van der Waals surface area contributed by atoms with Gasteiger partial charge >= 0.3 is 6.36 Å². The van der Waals surface area contributed by atoms with Crippen LogP contribution in [0.15, 0.2) is 24.3 Å². The predicted molar refractivity (Wildman–Crippen MR) is 69.0 cm³/mol. The van der Waals surface area contributed by atoms with Crippen molar-refractivity contribution in [2.45, 2.75) is 52.1 Å². The third-order valence-electron chi connectivity index (χ3n) is 2.91. The van der Waals surface area contributed by atoms with E-state index in [2.05, 4.69) is 23.9 Å². The van der Waals surface area contributed by atoms with Crippen LogP contribution in [0.5, 0.6) is 5.75 Å². The summed E-state index contributed by atoms with van der Waals surface area (Å²) in [7, 11) is 0. The van der Waals surface area contributed by atoms with Gasteiger partial charge in [0, 0.05) is 18.2 Å². The number of halogens is 3. The number of hydrogen-bond acceptors (Lipinski definition) is 2. The number of alkyl halides is 3. The van der Waals surface area contributed by atoms with Crippen LogP contribution >= 0.6 is 0 Å². The van der Waals surface area contributed by atoms with Crippen LogP contribution in [0.2, 0.25) is 0 Å². The first-order chi connectivity index (χ1) is 8.96. The highest BCUT2D eigenvalue weighted by Gasteiger charge is 2.31. The van der Waals surface area contributed by atoms with Crippen molar-refractivity contribution in [3.05, 3.63) is 29.8 Å². The largest absolute Gasteiger partial charge is 0.573 e. The van der Waals surface area contributed by atoms with Gasteiger partial charge in [-0.15, -0.1) is 13.2 Å². The third-order valence-corrected chi connectivity index (χ3v) is 2.91. The Bertz CT molecular complexity index is 379. The summed E-state index contributed by atoms with van der Waals surface area (Å²) in [5.41, 5.74) is 0.523. The van der Waals surface area contributed by atoms with Gasteiger partial charge in [-0.1, -0.05) is 38.5 Å². The Balaban J connectivity index is 2.67. The Morgan fingerprint density at radius 3 is 2.47 bits per heavy atom. The molecule has 0 heterocycles. The van der Waals surface area contributed by atoms with Crippen LogP contribution < -0.4 is 10.1 Å². The van der Waals surface area contributed by atoms with Crippen LogP contribution in [0.25, 0.3) is 0 Å². The Labute approximate surface area is 112 Å². The second kappa shape index (κ2) is 7.38. The fourth-order valence-electron chi connectivity index (χ4n) is 1.93. The van der Waals surface area contributed by atoms with Crippen LogP contribution in [0.3, 0.4) is 0 Å². The lowest BCUT2D eigenvalue weighted by atomic mass is 10.1. The Morgan fingerprint density at radius 2 is 1.89 bits per heavy atom. The number of ether oxygens (including phenoxy) is 1. The Hall–Kier alpha value is -1.23. The molecule has 0 spiro atoms. The summed E-state index contributed by atoms with van der Waals surface area (Å²) in [6.45, 7) is 4.53. The third kappa shape index (κ3) is 5.96. The summed E-state index contributed by atoms with van der Waals surface area (Å²) < 4.78 is 40.8. The standard InChI is InChI=1S/C14H20F3NO/c1-3-7-12(4-2)18-10-11-8-5-6-9-13(11)19-14(15,16)17/h5-6,8-9,12,18H,3-4,7,10H2,1-2H3. The fourth-order valence-corrected chi connectivity index (χ4v) is 1.93. The molecule has 0 fully saturated rings. The predicted octanol–water partition coefficient (Wildman–Crippen LogP) is 4.25. The molecule has 0 radical (unpaired) electrons. The van der Waals surface area contributed by atoms with Gasteiger partial charge in [-0.05, 0) is 18.9 Å². The summed E-state index contributed by atoms with van der Waals surface area (Å²) in [6, 6.07) is 6.55. The van der Waals surface area contributed by atoms with Crippen molar-refractivity contribution >= 4 is 0 Å². The molecule has 0 bridgehead atoms. The maximum Gasteiger partial charge on any atom is 0.573 e. The van der Waals surface area contributed by atoms with Crippen LogP contribution in [-0.4, -0.2) is 12.4 Å². The summed E-state index contributed by atoms with van der Waals surface area (Å²) in [6.07, 6.45) is -1.63. The molecule has 2 nitrogen and oxygen atoms in total. The molecule has 1 atom stereocenters. The van der Waals surface area contributed by atoms with E-state index in [1.54, 1.807) is 12.1 Å². The fraction of sp³-hybridized carbons (Fsp3) is 0.571. The molecule has 0 aliphatic rings. The van der Waals surface area contributed by atoms with Gasteiger partial charge in [-0.25, -0.2) is 0 Å². The normalized spacial score (nSPS) is 13.3. The first-order valence-corrected chi connectivity index (χ1v) is 6.53. The minimum atomic E-state index is -4.65. The summed E-state index contributed by atoms with van der Waals surface area (Å²) in [5, 5.41) is 3.27. The van der Waals surface area contributed by atoms with Gasteiger partial charge in [0.1, 0.15) is 5.75 Å². The van der Waals surface area contributed by atoms with Gasteiger partial charge in [-0.2, -0.15) is 0 Å². The molecule has 1 rings (SSSR count). The second-order valence-electron chi connectivity index (χ2n) is 4.43. The minimum absolute atomic E-state index is 0.131. The number of rotatable bonds is 7. The first-order valence-electron chi connectivity index (χ1n) is 6.53. The number of benzene rings is 1. The average molecular weight is 275 g/mol. The van der Waals surface area contributed by atoms with Gasteiger partial charge in [0.15, 0.2) is 0 Å². The lowest BCUT2D eigenvalue weighted by molar-refractivity contribution is -0.274. The molecular weight excluding hydrogens is 255 g/mol. The van der Waals surface area contributed by atoms with E-state index in [1.165, 1.54) is 12.1 Å². The highest BCUT2D eigenvalue weighted by atomic mass is 19.4. The van der Waals surface area contributed by atoms with Crippen molar-refractivity contribution in [1.82, 2.24) is 5.32 Å². The average Bonchev–Trinajstić information content (AvgIpc) is 2.34. The maximum atomic E-state index is 12.3.